The molecule has 2 unspecified atom stereocenters. The van der Waals surface area contributed by atoms with Gasteiger partial charge in [-0.3, -0.25) is 0 Å². The Labute approximate surface area is 81.3 Å². The normalized spacial score (nSPS) is 15.2. The van der Waals surface area contributed by atoms with Crippen molar-refractivity contribution in [1.82, 2.24) is 0 Å². The van der Waals surface area contributed by atoms with Gasteiger partial charge >= 0.3 is 0 Å². The fourth-order valence-electron chi connectivity index (χ4n) is 1.12. The van der Waals surface area contributed by atoms with Crippen molar-refractivity contribution in [3.05, 3.63) is 35.9 Å². The van der Waals surface area contributed by atoms with Gasteiger partial charge in [0.2, 0.25) is 0 Å². The molecule has 0 amide bonds. The molecule has 0 aliphatic heterocycles. The molecule has 2 atom stereocenters. The summed E-state index contributed by atoms with van der Waals surface area (Å²) in [7, 11) is 0. The molecule has 3 heteroatoms. The molecule has 1 aromatic carbocycles. The van der Waals surface area contributed by atoms with Gasteiger partial charge in [0.25, 0.3) is 0 Å². The number of aryl methyl sites for hydroxylation is 1. The standard InChI is InChI=1S/C10H14O2S/c1-9(13(11)12)7-8-10-5-3-2-4-6-10/h2-6,9H,7-8H2,1H3,(H,11,12). The minimum absolute atomic E-state index is 0.139. The van der Waals surface area contributed by atoms with E-state index in [2.05, 4.69) is 0 Å². The van der Waals surface area contributed by atoms with Crippen LogP contribution in [0.2, 0.25) is 0 Å². The largest absolute Gasteiger partial charge is 0.306 e. The zero-order chi connectivity index (χ0) is 9.68. The lowest BCUT2D eigenvalue weighted by molar-refractivity contribution is 0.545. The molecule has 0 heterocycles. The first kappa shape index (κ1) is 10.4. The average Bonchev–Trinajstić information content (AvgIpc) is 2.15. The van der Waals surface area contributed by atoms with E-state index in [1.54, 1.807) is 6.92 Å². The van der Waals surface area contributed by atoms with Crippen LogP contribution in [0.4, 0.5) is 0 Å². The molecule has 0 aliphatic carbocycles. The Morgan fingerprint density at radius 3 is 2.54 bits per heavy atom. The molecule has 0 aliphatic rings. The van der Waals surface area contributed by atoms with E-state index in [-0.39, 0.29) is 5.25 Å². The van der Waals surface area contributed by atoms with E-state index in [0.717, 1.165) is 12.8 Å². The highest BCUT2D eigenvalue weighted by atomic mass is 32.2. The first-order valence-corrected chi connectivity index (χ1v) is 5.50. The highest BCUT2D eigenvalue weighted by molar-refractivity contribution is 7.79. The van der Waals surface area contributed by atoms with Crippen LogP contribution < -0.4 is 0 Å². The Bertz CT molecular complexity index is 272. The molecule has 1 aromatic rings. The molecule has 0 fully saturated rings. The van der Waals surface area contributed by atoms with Crippen LogP contribution in [0.5, 0.6) is 0 Å². The molecular weight excluding hydrogens is 184 g/mol. The van der Waals surface area contributed by atoms with Gasteiger partial charge in [-0.25, -0.2) is 4.21 Å². The highest BCUT2D eigenvalue weighted by Crippen LogP contribution is 2.07. The van der Waals surface area contributed by atoms with Crippen molar-refractivity contribution in [1.29, 1.82) is 0 Å². The molecule has 0 saturated carbocycles. The molecule has 1 N–H and O–H groups in total. The predicted octanol–water partition coefficient (Wildman–Crippen LogP) is 2.23. The van der Waals surface area contributed by atoms with Gasteiger partial charge < -0.3 is 4.55 Å². The summed E-state index contributed by atoms with van der Waals surface area (Å²) >= 11 is -1.68. The molecule has 0 spiro atoms. The average molecular weight is 198 g/mol. The van der Waals surface area contributed by atoms with Crippen LogP contribution >= 0.6 is 0 Å². The third-order valence-electron chi connectivity index (χ3n) is 2.03. The zero-order valence-corrected chi connectivity index (χ0v) is 8.46. The lowest BCUT2D eigenvalue weighted by Crippen LogP contribution is -2.10. The van der Waals surface area contributed by atoms with Crippen LogP contribution in [0, 0.1) is 0 Å². The van der Waals surface area contributed by atoms with E-state index in [4.69, 9.17) is 4.55 Å². The number of hydrogen-bond donors (Lipinski definition) is 1. The molecule has 72 valence electrons. The second-order valence-corrected chi connectivity index (χ2v) is 4.47. The van der Waals surface area contributed by atoms with Crippen molar-refractivity contribution in [2.24, 2.45) is 0 Å². The predicted molar refractivity (Wildman–Crippen MR) is 55.0 cm³/mol. The van der Waals surface area contributed by atoms with Crippen LogP contribution in [-0.4, -0.2) is 14.0 Å². The summed E-state index contributed by atoms with van der Waals surface area (Å²) in [5, 5.41) is -0.139. The van der Waals surface area contributed by atoms with Gasteiger partial charge in [0, 0.05) is 0 Å². The Morgan fingerprint density at radius 2 is 2.00 bits per heavy atom. The van der Waals surface area contributed by atoms with Gasteiger partial charge in [0.05, 0.1) is 5.25 Å². The topological polar surface area (TPSA) is 37.3 Å². The van der Waals surface area contributed by atoms with Crippen LogP contribution in [0.3, 0.4) is 0 Å². The van der Waals surface area contributed by atoms with E-state index in [1.807, 2.05) is 30.3 Å². The van der Waals surface area contributed by atoms with Crippen molar-refractivity contribution < 1.29 is 8.76 Å². The summed E-state index contributed by atoms with van der Waals surface area (Å²) < 4.78 is 19.4. The summed E-state index contributed by atoms with van der Waals surface area (Å²) in [6.45, 7) is 1.79. The first-order chi connectivity index (χ1) is 6.20. The van der Waals surface area contributed by atoms with E-state index in [9.17, 15) is 4.21 Å². The molecule has 1 rings (SSSR count). The summed E-state index contributed by atoms with van der Waals surface area (Å²) in [6.07, 6.45) is 1.63. The first-order valence-electron chi connectivity index (χ1n) is 4.33. The lowest BCUT2D eigenvalue weighted by Gasteiger charge is -2.05. The van der Waals surface area contributed by atoms with Gasteiger partial charge in [0.15, 0.2) is 11.1 Å². The molecule has 13 heavy (non-hydrogen) atoms. The third-order valence-corrected chi connectivity index (χ3v) is 2.95. The van der Waals surface area contributed by atoms with Gasteiger partial charge in [-0.05, 0) is 25.3 Å². The smallest absolute Gasteiger partial charge is 0.155 e. The maximum atomic E-state index is 10.6. The van der Waals surface area contributed by atoms with E-state index >= 15 is 0 Å². The molecule has 2 nitrogen and oxygen atoms in total. The fourth-order valence-corrected chi connectivity index (χ4v) is 1.43. The maximum Gasteiger partial charge on any atom is 0.155 e. The van der Waals surface area contributed by atoms with E-state index in [1.165, 1.54) is 5.56 Å². The monoisotopic (exact) mass is 198 g/mol. The Kier molecular flexibility index (Phi) is 4.12. The van der Waals surface area contributed by atoms with Gasteiger partial charge in [-0.2, -0.15) is 0 Å². The van der Waals surface area contributed by atoms with Crippen LogP contribution in [0.15, 0.2) is 30.3 Å². The second kappa shape index (κ2) is 5.14. The van der Waals surface area contributed by atoms with Crippen molar-refractivity contribution >= 4 is 11.1 Å². The summed E-state index contributed by atoms with van der Waals surface area (Å²) in [5.41, 5.74) is 1.22. The molecule has 0 aromatic heterocycles. The van der Waals surface area contributed by atoms with Crippen molar-refractivity contribution in [3.8, 4) is 0 Å². The van der Waals surface area contributed by atoms with Crippen LogP contribution in [0.1, 0.15) is 18.9 Å². The SMILES string of the molecule is CC(CCc1ccccc1)S(=O)O. The minimum atomic E-state index is -1.68. The van der Waals surface area contributed by atoms with Crippen molar-refractivity contribution in [3.63, 3.8) is 0 Å². The van der Waals surface area contributed by atoms with Crippen LogP contribution in [0.25, 0.3) is 0 Å². The number of benzene rings is 1. The number of rotatable bonds is 4. The van der Waals surface area contributed by atoms with Gasteiger partial charge in [-0.1, -0.05) is 30.3 Å². The molecular formula is C10H14O2S. The minimum Gasteiger partial charge on any atom is -0.306 e. The van der Waals surface area contributed by atoms with Crippen LogP contribution in [-0.2, 0) is 17.5 Å². The molecule has 0 saturated heterocycles. The highest BCUT2D eigenvalue weighted by Gasteiger charge is 2.07. The summed E-state index contributed by atoms with van der Waals surface area (Å²) in [5.74, 6) is 0. The molecule has 0 radical (unpaired) electrons. The third kappa shape index (κ3) is 3.70. The Balaban J connectivity index is 2.39. The van der Waals surface area contributed by atoms with Gasteiger partial charge in [0.1, 0.15) is 0 Å². The van der Waals surface area contributed by atoms with E-state index in [0.29, 0.717) is 0 Å². The second-order valence-electron chi connectivity index (χ2n) is 3.11. The molecule has 0 bridgehead atoms. The fraction of sp³-hybridized carbons (Fsp3) is 0.400. The zero-order valence-electron chi connectivity index (χ0n) is 7.64. The van der Waals surface area contributed by atoms with E-state index < -0.39 is 11.1 Å². The lowest BCUT2D eigenvalue weighted by atomic mass is 10.1. The Hall–Kier alpha value is -0.670. The van der Waals surface area contributed by atoms with Gasteiger partial charge in [-0.15, -0.1) is 0 Å². The Morgan fingerprint density at radius 1 is 1.38 bits per heavy atom. The number of hydrogen-bond acceptors (Lipinski definition) is 1. The quantitative estimate of drug-likeness (QED) is 0.753. The summed E-state index contributed by atoms with van der Waals surface area (Å²) in [6, 6.07) is 10.0. The van der Waals surface area contributed by atoms with Crippen molar-refractivity contribution in [2.75, 3.05) is 0 Å². The van der Waals surface area contributed by atoms with Crippen molar-refractivity contribution in [2.45, 2.75) is 25.0 Å². The summed E-state index contributed by atoms with van der Waals surface area (Å²) in [4.78, 5) is 0. The maximum absolute atomic E-state index is 10.6.